The normalized spacial score (nSPS) is 17.3. The van der Waals surface area contributed by atoms with Gasteiger partial charge in [-0.1, -0.05) is 38.1 Å². The van der Waals surface area contributed by atoms with E-state index in [2.05, 4.69) is 0 Å². The topological polar surface area (TPSA) is 46.2 Å². The van der Waals surface area contributed by atoms with Crippen LogP contribution >= 0.6 is 0 Å². The molecule has 0 aromatic heterocycles. The van der Waals surface area contributed by atoms with E-state index in [1.165, 1.54) is 19.1 Å². The van der Waals surface area contributed by atoms with Gasteiger partial charge in [-0.2, -0.15) is 13.2 Å². The molecular formula is C13H18F3NO. The molecule has 2 nitrogen and oxygen atoms in total. The molecule has 1 aromatic carbocycles. The molecule has 18 heavy (non-hydrogen) atoms. The Balaban J connectivity index is 3.26. The van der Waals surface area contributed by atoms with Crippen LogP contribution in [0.1, 0.15) is 31.4 Å². The minimum absolute atomic E-state index is 0.0333. The molecule has 0 bridgehead atoms. The van der Waals surface area contributed by atoms with Crippen molar-refractivity contribution >= 4 is 0 Å². The lowest BCUT2D eigenvalue weighted by atomic mass is 9.84. The number of aryl methyl sites for hydroxylation is 1. The molecule has 0 spiro atoms. The molecule has 0 saturated carbocycles. The van der Waals surface area contributed by atoms with Crippen LogP contribution in [0.15, 0.2) is 24.3 Å². The first-order chi connectivity index (χ1) is 8.27. The molecule has 1 aromatic rings. The Bertz CT molecular complexity index is 388. The summed E-state index contributed by atoms with van der Waals surface area (Å²) in [6, 6.07) is 4.36. The Morgan fingerprint density at radius 3 is 2.00 bits per heavy atom. The lowest BCUT2D eigenvalue weighted by Gasteiger charge is -2.35. The number of hydrogen-bond donors (Lipinski definition) is 2. The molecule has 0 aliphatic carbocycles. The summed E-state index contributed by atoms with van der Waals surface area (Å²) in [7, 11) is 0. The molecule has 0 aliphatic rings. The van der Waals surface area contributed by atoms with E-state index in [0.717, 1.165) is 12.0 Å². The van der Waals surface area contributed by atoms with Crippen LogP contribution < -0.4 is 5.73 Å². The van der Waals surface area contributed by atoms with Gasteiger partial charge < -0.3 is 10.8 Å². The summed E-state index contributed by atoms with van der Waals surface area (Å²) in [6.07, 6.45) is -4.04. The van der Waals surface area contributed by atoms with E-state index in [0.29, 0.717) is 0 Å². The first-order valence-electron chi connectivity index (χ1n) is 5.91. The molecule has 0 aliphatic heterocycles. The molecule has 1 rings (SSSR count). The predicted molar refractivity (Wildman–Crippen MR) is 64.0 cm³/mol. The zero-order valence-electron chi connectivity index (χ0n) is 10.5. The zero-order chi connectivity index (χ0) is 14.0. The average molecular weight is 261 g/mol. The van der Waals surface area contributed by atoms with Crippen molar-refractivity contribution in [2.45, 2.75) is 44.5 Å². The Kier molecular flexibility index (Phi) is 4.40. The van der Waals surface area contributed by atoms with Gasteiger partial charge in [-0.05, 0) is 24.0 Å². The highest BCUT2D eigenvalue weighted by molar-refractivity contribution is 5.30. The van der Waals surface area contributed by atoms with Crippen LogP contribution in [-0.2, 0) is 12.0 Å². The van der Waals surface area contributed by atoms with Crippen molar-refractivity contribution in [3.8, 4) is 0 Å². The molecule has 2 atom stereocenters. The molecule has 0 heterocycles. The van der Waals surface area contributed by atoms with Crippen molar-refractivity contribution in [1.29, 1.82) is 0 Å². The summed E-state index contributed by atoms with van der Waals surface area (Å²) < 4.78 is 39.2. The monoisotopic (exact) mass is 261 g/mol. The van der Waals surface area contributed by atoms with Crippen molar-refractivity contribution < 1.29 is 18.3 Å². The largest absolute Gasteiger partial charge is 0.422 e. The molecule has 102 valence electrons. The number of benzene rings is 1. The van der Waals surface area contributed by atoms with E-state index < -0.39 is 17.8 Å². The number of nitrogens with two attached hydrogens (primary N) is 1. The van der Waals surface area contributed by atoms with E-state index in [1.54, 1.807) is 12.1 Å². The fourth-order valence-electron chi connectivity index (χ4n) is 1.88. The van der Waals surface area contributed by atoms with Crippen molar-refractivity contribution in [3.63, 3.8) is 0 Å². The van der Waals surface area contributed by atoms with Crippen molar-refractivity contribution in [1.82, 2.24) is 0 Å². The van der Waals surface area contributed by atoms with Crippen molar-refractivity contribution in [2.24, 2.45) is 5.73 Å². The summed E-state index contributed by atoms with van der Waals surface area (Å²) in [6.45, 7) is 3.42. The second-order valence-electron chi connectivity index (χ2n) is 4.33. The third-order valence-electron chi connectivity index (χ3n) is 3.21. The molecule has 2 unspecified atom stereocenters. The maximum atomic E-state index is 13.1. The summed E-state index contributed by atoms with van der Waals surface area (Å²) in [5.41, 5.74) is 3.18. The smallest absolute Gasteiger partial charge is 0.375 e. The van der Waals surface area contributed by atoms with Crippen LogP contribution in [0.2, 0.25) is 0 Å². The second-order valence-corrected chi connectivity index (χ2v) is 4.33. The Labute approximate surface area is 105 Å². The van der Waals surface area contributed by atoms with Crippen LogP contribution in [0.3, 0.4) is 0 Å². The van der Waals surface area contributed by atoms with Gasteiger partial charge in [-0.3, -0.25) is 0 Å². The maximum Gasteiger partial charge on any atom is 0.422 e. The highest BCUT2D eigenvalue weighted by Gasteiger charge is 2.58. The molecule has 0 amide bonds. The minimum atomic E-state index is -4.80. The van der Waals surface area contributed by atoms with Gasteiger partial charge in [0.15, 0.2) is 0 Å². The number of aliphatic hydroxyl groups is 1. The number of rotatable bonds is 4. The molecule has 0 fully saturated rings. The van der Waals surface area contributed by atoms with Crippen molar-refractivity contribution in [3.05, 3.63) is 35.4 Å². The highest BCUT2D eigenvalue weighted by atomic mass is 19.4. The first-order valence-corrected chi connectivity index (χ1v) is 5.91. The average Bonchev–Trinajstić information content (AvgIpc) is 2.35. The van der Waals surface area contributed by atoms with Gasteiger partial charge in [0.05, 0.1) is 0 Å². The van der Waals surface area contributed by atoms with E-state index in [-0.39, 0.29) is 12.0 Å². The molecular weight excluding hydrogens is 243 g/mol. The van der Waals surface area contributed by atoms with Gasteiger partial charge in [-0.25, -0.2) is 0 Å². The van der Waals surface area contributed by atoms with Crippen LogP contribution in [0, 0.1) is 0 Å². The quantitative estimate of drug-likeness (QED) is 0.875. The van der Waals surface area contributed by atoms with E-state index in [9.17, 15) is 18.3 Å². The summed E-state index contributed by atoms with van der Waals surface area (Å²) in [4.78, 5) is 0. The third kappa shape index (κ3) is 2.52. The van der Waals surface area contributed by atoms with Gasteiger partial charge in [0, 0.05) is 6.04 Å². The van der Waals surface area contributed by atoms with Gasteiger partial charge in [0.1, 0.15) is 0 Å². The van der Waals surface area contributed by atoms with Gasteiger partial charge >= 0.3 is 6.18 Å². The van der Waals surface area contributed by atoms with Gasteiger partial charge in [-0.15, -0.1) is 0 Å². The number of halogens is 3. The fourth-order valence-corrected chi connectivity index (χ4v) is 1.88. The summed E-state index contributed by atoms with van der Waals surface area (Å²) >= 11 is 0. The Morgan fingerprint density at radius 1 is 1.17 bits per heavy atom. The van der Waals surface area contributed by atoms with Crippen molar-refractivity contribution in [2.75, 3.05) is 0 Å². The SMILES string of the molecule is CCc1ccc(C(O)(C(N)CC)C(F)(F)F)cc1. The molecule has 0 radical (unpaired) electrons. The van der Waals surface area contributed by atoms with Crippen LogP contribution in [-0.4, -0.2) is 17.3 Å². The van der Waals surface area contributed by atoms with Gasteiger partial charge in [0.2, 0.25) is 5.60 Å². The fraction of sp³-hybridized carbons (Fsp3) is 0.538. The molecule has 3 N–H and O–H groups in total. The lowest BCUT2D eigenvalue weighted by Crippen LogP contribution is -2.55. The second kappa shape index (κ2) is 5.28. The molecule has 5 heteroatoms. The zero-order valence-corrected chi connectivity index (χ0v) is 10.5. The Morgan fingerprint density at radius 2 is 1.67 bits per heavy atom. The van der Waals surface area contributed by atoms with Gasteiger partial charge in [0.25, 0.3) is 0 Å². The van der Waals surface area contributed by atoms with Crippen LogP contribution in [0.4, 0.5) is 13.2 Å². The lowest BCUT2D eigenvalue weighted by molar-refractivity contribution is -0.274. The maximum absolute atomic E-state index is 13.1. The van der Waals surface area contributed by atoms with Crippen LogP contribution in [0.5, 0.6) is 0 Å². The standard InChI is InChI=1S/C13H18F3NO/c1-3-9-5-7-10(8-6-9)12(18,11(17)4-2)13(14,15)16/h5-8,11,18H,3-4,17H2,1-2H3. The molecule has 0 saturated heterocycles. The summed E-state index contributed by atoms with van der Waals surface area (Å²) in [5.74, 6) is 0. The minimum Gasteiger partial charge on any atom is -0.375 e. The number of hydrogen-bond acceptors (Lipinski definition) is 2. The van der Waals surface area contributed by atoms with E-state index in [1.807, 2.05) is 6.92 Å². The third-order valence-corrected chi connectivity index (χ3v) is 3.21. The highest BCUT2D eigenvalue weighted by Crippen LogP contribution is 2.41. The number of alkyl halides is 3. The van der Waals surface area contributed by atoms with Crippen LogP contribution in [0.25, 0.3) is 0 Å². The predicted octanol–water partition coefficient (Wildman–Crippen LogP) is 2.74. The van der Waals surface area contributed by atoms with E-state index in [4.69, 9.17) is 5.73 Å². The van der Waals surface area contributed by atoms with E-state index >= 15 is 0 Å². The first kappa shape index (κ1) is 15.0. The summed E-state index contributed by atoms with van der Waals surface area (Å²) in [5, 5.41) is 10.0. The Hall–Kier alpha value is -1.07.